The third-order valence-electron chi connectivity index (χ3n) is 5.41. The summed E-state index contributed by atoms with van der Waals surface area (Å²) in [6.07, 6.45) is 2.63. The molecular weight excluding hydrogens is 385 g/mol. The molecule has 0 aliphatic carbocycles. The van der Waals surface area contributed by atoms with Gasteiger partial charge in [0.2, 0.25) is 0 Å². The van der Waals surface area contributed by atoms with Gasteiger partial charge in [0.25, 0.3) is 0 Å². The Morgan fingerprint density at radius 1 is 1.19 bits per heavy atom. The van der Waals surface area contributed by atoms with Gasteiger partial charge in [-0.15, -0.1) is 0 Å². The van der Waals surface area contributed by atoms with E-state index in [0.29, 0.717) is 27.9 Å². The number of halogens is 2. The number of Topliss-reactive ketones (excluding diaryl/α,β-unsaturated/α-hetero) is 1. The van der Waals surface area contributed by atoms with Gasteiger partial charge in [0.15, 0.2) is 5.78 Å². The highest BCUT2D eigenvalue weighted by atomic mass is 35.5. The van der Waals surface area contributed by atoms with E-state index in [4.69, 9.17) is 27.9 Å². The fraction of sp³-hybridized carbons (Fsp3) is 0.450. The van der Waals surface area contributed by atoms with E-state index in [2.05, 4.69) is 14.9 Å². The maximum atomic E-state index is 12.7. The highest BCUT2D eigenvalue weighted by Crippen LogP contribution is 2.41. The molecule has 5 nitrogen and oxygen atoms in total. The number of nitrogens with zero attached hydrogens (tertiary/aromatic N) is 3. The van der Waals surface area contributed by atoms with Crippen molar-refractivity contribution < 1.29 is 9.53 Å². The summed E-state index contributed by atoms with van der Waals surface area (Å²) in [6.45, 7) is 5.44. The maximum Gasteiger partial charge on any atom is 0.170 e. The van der Waals surface area contributed by atoms with E-state index < -0.39 is 5.60 Å². The zero-order valence-electron chi connectivity index (χ0n) is 15.4. The highest BCUT2D eigenvalue weighted by molar-refractivity contribution is 6.32. The molecule has 0 bridgehead atoms. The molecule has 1 saturated heterocycles. The van der Waals surface area contributed by atoms with Crippen LogP contribution >= 0.6 is 23.2 Å². The molecule has 2 aliphatic heterocycles. The number of benzene rings is 1. The Bertz CT molecular complexity index is 908. The molecule has 0 radical (unpaired) electrons. The van der Waals surface area contributed by atoms with Crippen LogP contribution in [0.15, 0.2) is 18.2 Å². The summed E-state index contributed by atoms with van der Waals surface area (Å²) in [5, 5.41) is 1.06. The largest absolute Gasteiger partial charge is 0.486 e. The molecule has 7 heteroatoms. The molecule has 0 unspecified atom stereocenters. The first-order chi connectivity index (χ1) is 12.9. The van der Waals surface area contributed by atoms with Crippen molar-refractivity contribution >= 4 is 34.8 Å². The zero-order valence-corrected chi connectivity index (χ0v) is 16.9. The second-order valence-corrected chi connectivity index (χ2v) is 8.08. The second kappa shape index (κ2) is 6.95. The molecule has 1 fully saturated rings. The number of fused-ring (bicyclic) bond motifs is 1. The van der Waals surface area contributed by atoms with Crippen LogP contribution in [0.3, 0.4) is 0 Å². The monoisotopic (exact) mass is 405 g/mol. The van der Waals surface area contributed by atoms with Crippen molar-refractivity contribution in [2.75, 3.05) is 18.0 Å². The Morgan fingerprint density at radius 3 is 2.63 bits per heavy atom. The number of ether oxygens (including phenoxy) is 1. The number of ketones is 1. The Morgan fingerprint density at radius 2 is 1.93 bits per heavy atom. The van der Waals surface area contributed by atoms with Gasteiger partial charge in [-0.25, -0.2) is 9.97 Å². The number of carbonyl (C=O) groups is 1. The van der Waals surface area contributed by atoms with Crippen molar-refractivity contribution in [1.29, 1.82) is 0 Å². The standard InChI is InChI=1S/C20H21Cl2N3O2/c1-3-18-23-17(22)10-19(24-18)25-6-4-20(5-7-25)11-15(26)13-9-14(21)12(2)8-16(13)27-20/h8-10H,3-7,11H2,1-2H3. The van der Waals surface area contributed by atoms with Crippen molar-refractivity contribution in [3.8, 4) is 5.75 Å². The van der Waals surface area contributed by atoms with E-state index in [9.17, 15) is 4.79 Å². The molecule has 0 N–H and O–H groups in total. The van der Waals surface area contributed by atoms with Gasteiger partial charge in [-0.05, 0) is 24.6 Å². The topological polar surface area (TPSA) is 55.3 Å². The molecule has 2 aliphatic rings. The van der Waals surface area contributed by atoms with Gasteiger partial charge in [-0.1, -0.05) is 30.1 Å². The molecule has 0 amide bonds. The first-order valence-corrected chi connectivity index (χ1v) is 9.95. The Kier molecular flexibility index (Phi) is 4.77. The molecule has 4 rings (SSSR count). The van der Waals surface area contributed by atoms with Crippen LogP contribution in [0.4, 0.5) is 5.82 Å². The molecule has 1 aromatic heterocycles. The maximum absolute atomic E-state index is 12.7. The predicted octanol–water partition coefficient (Wildman–Crippen LogP) is 4.66. The van der Waals surface area contributed by atoms with Crippen molar-refractivity contribution in [3.05, 3.63) is 45.3 Å². The fourth-order valence-electron chi connectivity index (χ4n) is 3.81. The lowest BCUT2D eigenvalue weighted by Crippen LogP contribution is -2.51. The third kappa shape index (κ3) is 3.50. The minimum Gasteiger partial charge on any atom is -0.486 e. The zero-order chi connectivity index (χ0) is 19.2. The third-order valence-corrected chi connectivity index (χ3v) is 6.01. The van der Waals surface area contributed by atoms with Gasteiger partial charge in [0, 0.05) is 43.4 Å². The van der Waals surface area contributed by atoms with Crippen molar-refractivity contribution in [3.63, 3.8) is 0 Å². The first-order valence-electron chi connectivity index (χ1n) is 9.20. The summed E-state index contributed by atoms with van der Waals surface area (Å²) in [5.74, 6) is 2.33. The van der Waals surface area contributed by atoms with Gasteiger partial charge < -0.3 is 9.64 Å². The SMILES string of the molecule is CCc1nc(Cl)cc(N2CCC3(CC2)CC(=O)c2cc(Cl)c(C)cc2O3)n1. The molecular formula is C20H21Cl2N3O2. The van der Waals surface area contributed by atoms with Crippen LogP contribution in [0.2, 0.25) is 10.2 Å². The molecule has 0 saturated carbocycles. The van der Waals surface area contributed by atoms with Crippen LogP contribution < -0.4 is 9.64 Å². The van der Waals surface area contributed by atoms with Crippen molar-refractivity contribution in [2.45, 2.75) is 45.1 Å². The van der Waals surface area contributed by atoms with Crippen LogP contribution in [0, 0.1) is 6.92 Å². The summed E-state index contributed by atoms with van der Waals surface area (Å²) >= 11 is 12.3. The lowest BCUT2D eigenvalue weighted by atomic mass is 9.82. The number of carbonyl (C=O) groups excluding carboxylic acids is 1. The molecule has 1 spiro atoms. The highest BCUT2D eigenvalue weighted by Gasteiger charge is 2.43. The Labute approximate surface area is 168 Å². The summed E-state index contributed by atoms with van der Waals surface area (Å²) in [7, 11) is 0. The van der Waals surface area contributed by atoms with Crippen LogP contribution in [-0.4, -0.2) is 34.4 Å². The van der Waals surface area contributed by atoms with Crippen LogP contribution in [0.25, 0.3) is 0 Å². The van der Waals surface area contributed by atoms with Gasteiger partial charge in [-0.2, -0.15) is 0 Å². The van der Waals surface area contributed by atoms with E-state index in [1.54, 1.807) is 12.1 Å². The first kappa shape index (κ1) is 18.5. The van der Waals surface area contributed by atoms with E-state index >= 15 is 0 Å². The molecule has 3 heterocycles. The Hall–Kier alpha value is -1.85. The molecule has 2 aromatic rings. The van der Waals surface area contributed by atoms with E-state index in [1.807, 2.05) is 19.9 Å². The number of hydrogen-bond donors (Lipinski definition) is 0. The minimum atomic E-state index is -0.453. The lowest BCUT2D eigenvalue weighted by molar-refractivity contribution is 0.0231. The summed E-state index contributed by atoms with van der Waals surface area (Å²) in [4.78, 5) is 23.7. The molecule has 142 valence electrons. The quantitative estimate of drug-likeness (QED) is 0.679. The predicted molar refractivity (Wildman–Crippen MR) is 106 cm³/mol. The van der Waals surface area contributed by atoms with Gasteiger partial charge in [-0.3, -0.25) is 4.79 Å². The summed E-state index contributed by atoms with van der Waals surface area (Å²) < 4.78 is 6.35. The number of aryl methyl sites for hydroxylation is 2. The summed E-state index contributed by atoms with van der Waals surface area (Å²) in [6, 6.07) is 5.40. The van der Waals surface area contributed by atoms with E-state index in [1.165, 1.54) is 0 Å². The average molecular weight is 406 g/mol. The second-order valence-electron chi connectivity index (χ2n) is 7.29. The normalized spacial score (nSPS) is 18.4. The average Bonchev–Trinajstić information content (AvgIpc) is 2.63. The number of rotatable bonds is 2. The number of aromatic nitrogens is 2. The lowest BCUT2D eigenvalue weighted by Gasteiger charge is -2.44. The van der Waals surface area contributed by atoms with Crippen molar-refractivity contribution in [2.24, 2.45) is 0 Å². The number of anilines is 1. The summed E-state index contributed by atoms with van der Waals surface area (Å²) in [5.41, 5.74) is 1.06. The fourth-order valence-corrected chi connectivity index (χ4v) is 4.17. The number of piperidine rings is 1. The minimum absolute atomic E-state index is 0.102. The molecule has 0 atom stereocenters. The van der Waals surface area contributed by atoms with Crippen molar-refractivity contribution in [1.82, 2.24) is 9.97 Å². The Balaban J connectivity index is 1.54. The number of hydrogen-bond acceptors (Lipinski definition) is 5. The van der Waals surface area contributed by atoms with E-state index in [0.717, 1.165) is 49.6 Å². The van der Waals surface area contributed by atoms with Crippen LogP contribution in [0.1, 0.15) is 47.9 Å². The smallest absolute Gasteiger partial charge is 0.170 e. The van der Waals surface area contributed by atoms with Crippen LogP contribution in [-0.2, 0) is 6.42 Å². The van der Waals surface area contributed by atoms with Gasteiger partial charge >= 0.3 is 0 Å². The van der Waals surface area contributed by atoms with Gasteiger partial charge in [0.05, 0.1) is 12.0 Å². The van der Waals surface area contributed by atoms with Gasteiger partial charge in [0.1, 0.15) is 28.1 Å². The molecule has 27 heavy (non-hydrogen) atoms. The van der Waals surface area contributed by atoms with Crippen LogP contribution in [0.5, 0.6) is 5.75 Å². The van der Waals surface area contributed by atoms with E-state index in [-0.39, 0.29) is 5.78 Å². The molecule has 1 aromatic carbocycles.